The second kappa shape index (κ2) is 10.2. The summed E-state index contributed by atoms with van der Waals surface area (Å²) in [6, 6.07) is 6.63. The number of nitrogens with one attached hydrogen (secondary N) is 1. The normalized spacial score (nSPS) is 12.1. The van der Waals surface area contributed by atoms with Gasteiger partial charge in [0.1, 0.15) is 5.75 Å². The number of hydrogen-bond donors (Lipinski definition) is 2. The van der Waals surface area contributed by atoms with Crippen LogP contribution in [0.15, 0.2) is 57.5 Å². The number of aromatic nitrogens is 4. The zero-order valence-corrected chi connectivity index (χ0v) is 18.6. The smallest absolute Gasteiger partial charge is 0.437 e. The summed E-state index contributed by atoms with van der Waals surface area (Å²) in [5, 5.41) is 15.1. The number of nitrogens with zero attached hydrogens (tertiary/aromatic N) is 5. The van der Waals surface area contributed by atoms with E-state index in [1.54, 1.807) is 6.07 Å². The molecule has 1 aromatic carbocycles. The molecular weight excluding hydrogens is 491 g/mol. The molecule has 180 valence electrons. The lowest BCUT2D eigenvalue weighted by Gasteiger charge is -2.15. The van der Waals surface area contributed by atoms with Crippen molar-refractivity contribution in [1.82, 2.24) is 19.7 Å². The van der Waals surface area contributed by atoms with Crippen LogP contribution in [0.5, 0.6) is 11.5 Å². The van der Waals surface area contributed by atoms with Gasteiger partial charge in [0.2, 0.25) is 5.75 Å². The van der Waals surface area contributed by atoms with Gasteiger partial charge in [0.05, 0.1) is 41.5 Å². The molecule has 3 N–H and O–H groups in total. The highest BCUT2D eigenvalue weighted by atomic mass is 35.5. The van der Waals surface area contributed by atoms with Crippen molar-refractivity contribution < 1.29 is 17.9 Å². The predicted molar refractivity (Wildman–Crippen MR) is 119 cm³/mol. The molecule has 0 aliphatic carbocycles. The van der Waals surface area contributed by atoms with Gasteiger partial charge in [0.15, 0.2) is 5.69 Å². The van der Waals surface area contributed by atoms with Gasteiger partial charge in [0, 0.05) is 12.1 Å². The first-order valence-corrected chi connectivity index (χ1v) is 9.94. The third-order valence-corrected chi connectivity index (χ3v) is 4.66. The molecule has 10 nitrogen and oxygen atoms in total. The molecule has 3 rings (SSSR count). The highest BCUT2D eigenvalue weighted by Gasteiger charge is 2.38. The second-order valence-electron chi connectivity index (χ2n) is 6.81. The van der Waals surface area contributed by atoms with Crippen LogP contribution < -0.4 is 21.6 Å². The molecule has 0 saturated carbocycles. The Balaban J connectivity index is 2.09. The Morgan fingerprint density at radius 1 is 1.34 bits per heavy atom. The molecule has 0 amide bonds. The van der Waals surface area contributed by atoms with Crippen molar-refractivity contribution in [3.63, 3.8) is 0 Å². The second-order valence-corrected chi connectivity index (χ2v) is 7.25. The van der Waals surface area contributed by atoms with E-state index in [9.17, 15) is 22.8 Å². The average molecular weight is 506 g/mol. The van der Waals surface area contributed by atoms with E-state index < -0.39 is 28.7 Å². The Labute approximate surface area is 199 Å². The first kappa shape index (κ1) is 25.2. The molecule has 0 bridgehead atoms. The van der Waals surface area contributed by atoms with Crippen molar-refractivity contribution >= 4 is 17.3 Å². The molecule has 14 heteroatoms. The molecule has 35 heavy (non-hydrogen) atoms. The van der Waals surface area contributed by atoms with Crippen LogP contribution in [0.3, 0.4) is 0 Å². The van der Waals surface area contributed by atoms with E-state index in [1.807, 2.05) is 0 Å². The first-order chi connectivity index (χ1) is 16.6. The molecule has 3 aromatic rings. The highest BCUT2D eigenvalue weighted by molar-refractivity contribution is 6.30. The standard InChI is InChI=1S/C21H15ClF3N7O3/c1-28-16(2-3-26)15-7-13(30-31-19(15)33)9-32-10-29-18(21(23,24)25)17(20(32)34)35-14-5-11(8-27)4-12(22)6-14/h2-7,10H,9,26H2,1H3,(H,31,33). The number of nitrogens with two attached hydrogens (primary N) is 1. The van der Waals surface area contributed by atoms with Crippen molar-refractivity contribution in [2.45, 2.75) is 12.7 Å². The lowest BCUT2D eigenvalue weighted by Crippen LogP contribution is -2.28. The summed E-state index contributed by atoms with van der Waals surface area (Å²) >= 11 is 5.88. The van der Waals surface area contributed by atoms with E-state index in [0.29, 0.717) is 6.33 Å². The van der Waals surface area contributed by atoms with Crippen LogP contribution in [0.2, 0.25) is 5.02 Å². The Morgan fingerprint density at radius 3 is 2.71 bits per heavy atom. The van der Waals surface area contributed by atoms with Gasteiger partial charge < -0.3 is 10.5 Å². The van der Waals surface area contributed by atoms with Crippen molar-refractivity contribution in [2.75, 3.05) is 7.05 Å². The summed E-state index contributed by atoms with van der Waals surface area (Å²) in [4.78, 5) is 32.4. The number of benzene rings is 1. The van der Waals surface area contributed by atoms with Gasteiger partial charge in [-0.2, -0.15) is 23.5 Å². The minimum absolute atomic E-state index is 0.00941. The summed E-state index contributed by atoms with van der Waals surface area (Å²) in [5.41, 5.74) is 2.41. The number of aliphatic imine (C=N–C) groups is 1. The monoisotopic (exact) mass is 505 g/mol. The summed E-state index contributed by atoms with van der Waals surface area (Å²) in [6.45, 7) is -0.369. The van der Waals surface area contributed by atoms with E-state index >= 15 is 0 Å². The molecule has 0 radical (unpaired) electrons. The molecule has 2 aromatic heterocycles. The zero-order chi connectivity index (χ0) is 25.8. The summed E-state index contributed by atoms with van der Waals surface area (Å²) in [5.74, 6) is -1.39. The largest absolute Gasteiger partial charge is 0.449 e. The Morgan fingerprint density at radius 2 is 2.09 bits per heavy atom. The number of alkyl halides is 3. The quantitative estimate of drug-likeness (QED) is 0.488. The molecule has 0 atom stereocenters. The Hall–Kier alpha value is -4.44. The highest BCUT2D eigenvalue weighted by Crippen LogP contribution is 2.35. The number of hydrogen-bond acceptors (Lipinski definition) is 8. The van der Waals surface area contributed by atoms with Gasteiger partial charge in [0.25, 0.3) is 11.1 Å². The van der Waals surface area contributed by atoms with E-state index in [-0.39, 0.29) is 39.8 Å². The zero-order valence-electron chi connectivity index (χ0n) is 17.8. The molecule has 0 fully saturated rings. The molecule has 0 aliphatic rings. The van der Waals surface area contributed by atoms with Crippen LogP contribution in [-0.2, 0) is 12.7 Å². The lowest BCUT2D eigenvalue weighted by atomic mass is 10.1. The number of H-pyrrole nitrogens is 1. The minimum Gasteiger partial charge on any atom is -0.449 e. The SMILES string of the molecule is CN=C(C=CN)c1cc(Cn2cnc(C(F)(F)F)c(Oc3cc(Cl)cc(C#N)c3)c2=O)n[nH]c1=O. The molecule has 0 aliphatic heterocycles. The maximum Gasteiger partial charge on any atom is 0.437 e. The molecule has 0 unspecified atom stereocenters. The van der Waals surface area contributed by atoms with Crippen molar-refractivity contribution in [2.24, 2.45) is 10.7 Å². The predicted octanol–water partition coefficient (Wildman–Crippen LogP) is 2.60. The van der Waals surface area contributed by atoms with Gasteiger partial charge in [-0.3, -0.25) is 19.1 Å². The van der Waals surface area contributed by atoms with Crippen LogP contribution in [0.4, 0.5) is 13.2 Å². The number of rotatable bonds is 6. The fourth-order valence-corrected chi connectivity index (χ4v) is 3.17. The van der Waals surface area contributed by atoms with Crippen LogP contribution in [0.1, 0.15) is 22.5 Å². The van der Waals surface area contributed by atoms with Crippen LogP contribution >= 0.6 is 11.6 Å². The molecule has 2 heterocycles. The van der Waals surface area contributed by atoms with Crippen LogP contribution in [-0.4, -0.2) is 32.5 Å². The van der Waals surface area contributed by atoms with Gasteiger partial charge in [-0.1, -0.05) is 11.6 Å². The summed E-state index contributed by atoms with van der Waals surface area (Å²) in [7, 11) is 1.43. The Kier molecular flexibility index (Phi) is 7.36. The minimum atomic E-state index is -5.02. The first-order valence-electron chi connectivity index (χ1n) is 9.56. The van der Waals surface area contributed by atoms with E-state index in [4.69, 9.17) is 27.3 Å². The van der Waals surface area contributed by atoms with Gasteiger partial charge >= 0.3 is 6.18 Å². The van der Waals surface area contributed by atoms with Crippen LogP contribution in [0.25, 0.3) is 0 Å². The maximum atomic E-state index is 13.6. The number of aromatic amines is 1. The molecule has 0 spiro atoms. The number of allylic oxidation sites excluding steroid dienone is 1. The van der Waals surface area contributed by atoms with Crippen LogP contribution in [0, 0.1) is 11.3 Å². The Bertz CT molecular complexity index is 1490. The summed E-state index contributed by atoms with van der Waals surface area (Å²) in [6.07, 6.45) is -1.80. The van der Waals surface area contributed by atoms with E-state index in [2.05, 4.69) is 20.2 Å². The van der Waals surface area contributed by atoms with Gasteiger partial charge in [-0.25, -0.2) is 10.1 Å². The third-order valence-electron chi connectivity index (χ3n) is 4.45. The van der Waals surface area contributed by atoms with Gasteiger partial charge in [-0.05, 0) is 36.5 Å². The fraction of sp³-hybridized carbons (Fsp3) is 0.143. The van der Waals surface area contributed by atoms with Crippen molar-refractivity contribution in [3.05, 3.63) is 91.1 Å². The van der Waals surface area contributed by atoms with Crippen molar-refractivity contribution in [1.29, 1.82) is 5.26 Å². The van der Waals surface area contributed by atoms with E-state index in [0.717, 1.165) is 16.7 Å². The number of halogens is 4. The fourth-order valence-electron chi connectivity index (χ4n) is 2.95. The average Bonchev–Trinajstić information content (AvgIpc) is 2.80. The molecule has 0 saturated heterocycles. The number of nitriles is 1. The van der Waals surface area contributed by atoms with E-state index in [1.165, 1.54) is 31.5 Å². The third kappa shape index (κ3) is 5.74. The van der Waals surface area contributed by atoms with Gasteiger partial charge in [-0.15, -0.1) is 0 Å². The molecular formula is C21H15ClF3N7O3. The number of ether oxygens (including phenoxy) is 1. The van der Waals surface area contributed by atoms with Crippen molar-refractivity contribution in [3.8, 4) is 17.6 Å². The topological polar surface area (TPSA) is 152 Å². The maximum absolute atomic E-state index is 13.6. The summed E-state index contributed by atoms with van der Waals surface area (Å²) < 4.78 is 46.7. The lowest BCUT2D eigenvalue weighted by molar-refractivity contribution is -0.142.